The van der Waals surface area contributed by atoms with Crippen molar-refractivity contribution in [3.8, 4) is 11.8 Å². The first kappa shape index (κ1) is 19.5. The van der Waals surface area contributed by atoms with Crippen LogP contribution in [0.25, 0.3) is 0 Å². The second-order valence-corrected chi connectivity index (χ2v) is 8.26. The highest BCUT2D eigenvalue weighted by molar-refractivity contribution is 6.35. The average molecular weight is 420 g/mol. The number of benzene rings is 2. The van der Waals surface area contributed by atoms with Gasteiger partial charge in [0.1, 0.15) is 6.10 Å². The molecule has 146 valence electrons. The molecule has 2 aromatic rings. The molecule has 1 aliphatic carbocycles. The normalized spacial score (nSPS) is 24.6. The molecule has 28 heavy (non-hydrogen) atoms. The third kappa shape index (κ3) is 3.70. The Morgan fingerprint density at radius 2 is 2.07 bits per heavy atom. The van der Waals surface area contributed by atoms with Crippen molar-refractivity contribution in [1.82, 2.24) is 4.90 Å². The number of nitrogens with zero attached hydrogens (tertiary/aromatic N) is 2. The Morgan fingerprint density at radius 1 is 1.25 bits per heavy atom. The molecule has 0 unspecified atom stereocenters. The summed E-state index contributed by atoms with van der Waals surface area (Å²) in [5, 5.41) is 10.1. The van der Waals surface area contributed by atoms with Crippen LogP contribution in [0, 0.1) is 17.1 Å². The van der Waals surface area contributed by atoms with Crippen LogP contribution in [0.1, 0.15) is 35.6 Å². The summed E-state index contributed by atoms with van der Waals surface area (Å²) in [5.41, 5.74) is 8.30. The topological polar surface area (TPSA) is 62.3 Å². The molecular formula is C21H20Cl2FN3O. The van der Waals surface area contributed by atoms with Crippen LogP contribution in [-0.4, -0.2) is 30.1 Å². The summed E-state index contributed by atoms with van der Waals surface area (Å²) in [6, 6.07) is 9.84. The molecule has 2 N–H and O–H groups in total. The number of halogens is 3. The lowest BCUT2D eigenvalue weighted by Crippen LogP contribution is -2.49. The Bertz CT molecular complexity index is 946. The van der Waals surface area contributed by atoms with E-state index in [4.69, 9.17) is 38.9 Å². The molecule has 4 rings (SSSR count). The summed E-state index contributed by atoms with van der Waals surface area (Å²) >= 11 is 12.7. The van der Waals surface area contributed by atoms with E-state index in [1.54, 1.807) is 12.1 Å². The van der Waals surface area contributed by atoms with Gasteiger partial charge < -0.3 is 10.5 Å². The maximum absolute atomic E-state index is 14.5. The van der Waals surface area contributed by atoms with Crippen molar-refractivity contribution in [3.63, 3.8) is 0 Å². The van der Waals surface area contributed by atoms with Gasteiger partial charge >= 0.3 is 0 Å². The van der Waals surface area contributed by atoms with E-state index >= 15 is 0 Å². The van der Waals surface area contributed by atoms with Crippen LogP contribution < -0.4 is 10.5 Å². The zero-order valence-electron chi connectivity index (χ0n) is 15.2. The number of hydrogen-bond donors (Lipinski definition) is 1. The fraction of sp³-hybridized carbons (Fsp3) is 0.381. The number of likely N-dealkylation sites (tertiary alicyclic amines) is 1. The third-order valence-electron chi connectivity index (χ3n) is 5.54. The minimum atomic E-state index is -0.560. The minimum Gasteiger partial charge on any atom is -0.481 e. The molecule has 3 atom stereocenters. The minimum absolute atomic E-state index is 0.00707. The molecule has 1 aliphatic heterocycles. The quantitative estimate of drug-likeness (QED) is 0.796. The lowest BCUT2D eigenvalue weighted by Gasteiger charge is -2.38. The number of hydrogen-bond acceptors (Lipinski definition) is 4. The highest BCUT2D eigenvalue weighted by atomic mass is 35.5. The van der Waals surface area contributed by atoms with Crippen molar-refractivity contribution in [2.75, 3.05) is 13.1 Å². The van der Waals surface area contributed by atoms with Gasteiger partial charge in [-0.1, -0.05) is 23.2 Å². The lowest BCUT2D eigenvalue weighted by molar-refractivity contribution is 0.0571. The fourth-order valence-electron chi connectivity index (χ4n) is 4.22. The van der Waals surface area contributed by atoms with E-state index in [9.17, 15) is 4.39 Å². The number of rotatable bonds is 3. The van der Waals surface area contributed by atoms with E-state index in [-0.39, 0.29) is 23.4 Å². The second kappa shape index (κ2) is 7.88. The molecule has 4 nitrogen and oxygen atoms in total. The summed E-state index contributed by atoms with van der Waals surface area (Å²) in [6.45, 7) is 1.67. The Labute approximate surface area is 173 Å². The first-order valence-corrected chi connectivity index (χ1v) is 10.1. The highest BCUT2D eigenvalue weighted by Crippen LogP contribution is 2.43. The van der Waals surface area contributed by atoms with Crippen molar-refractivity contribution in [2.24, 2.45) is 5.73 Å². The van der Waals surface area contributed by atoms with Crippen LogP contribution in [0.15, 0.2) is 30.3 Å². The van der Waals surface area contributed by atoms with Crippen molar-refractivity contribution >= 4 is 23.2 Å². The van der Waals surface area contributed by atoms with Gasteiger partial charge in [-0.2, -0.15) is 5.26 Å². The first-order chi connectivity index (χ1) is 13.5. The maximum atomic E-state index is 14.5. The molecule has 0 bridgehead atoms. The maximum Gasteiger partial charge on any atom is 0.166 e. The van der Waals surface area contributed by atoms with Crippen molar-refractivity contribution in [3.05, 3.63) is 62.9 Å². The van der Waals surface area contributed by atoms with Gasteiger partial charge in [-0.25, -0.2) is 4.39 Å². The Balaban J connectivity index is 1.71. The SMILES string of the molecule is N#Cc1ccc(O[C@@H]2c3cc(Cl)cc(Cl)c3C[C@H]2N2CCC[C@@H](N)C2)c(F)c1. The van der Waals surface area contributed by atoms with E-state index in [2.05, 4.69) is 4.90 Å². The summed E-state index contributed by atoms with van der Waals surface area (Å²) in [7, 11) is 0. The zero-order chi connectivity index (χ0) is 19.8. The van der Waals surface area contributed by atoms with Crippen molar-refractivity contribution < 1.29 is 9.13 Å². The molecular weight excluding hydrogens is 400 g/mol. The summed E-state index contributed by atoms with van der Waals surface area (Å²) < 4.78 is 20.7. The van der Waals surface area contributed by atoms with Gasteiger partial charge in [-0.15, -0.1) is 0 Å². The smallest absolute Gasteiger partial charge is 0.166 e. The van der Waals surface area contributed by atoms with Gasteiger partial charge in [0.2, 0.25) is 0 Å². The summed E-state index contributed by atoms with van der Waals surface area (Å²) in [4.78, 5) is 2.31. The molecule has 0 saturated carbocycles. The van der Waals surface area contributed by atoms with E-state index in [1.165, 1.54) is 12.1 Å². The molecule has 0 aromatic heterocycles. The molecule has 0 amide bonds. The van der Waals surface area contributed by atoms with Crippen LogP contribution in [-0.2, 0) is 6.42 Å². The first-order valence-electron chi connectivity index (χ1n) is 9.30. The molecule has 2 aromatic carbocycles. The molecule has 1 saturated heterocycles. The van der Waals surface area contributed by atoms with Gasteiger partial charge in [0.05, 0.1) is 17.7 Å². The molecule has 1 fully saturated rings. The predicted molar refractivity (Wildman–Crippen MR) is 107 cm³/mol. The van der Waals surface area contributed by atoms with E-state index < -0.39 is 11.9 Å². The summed E-state index contributed by atoms with van der Waals surface area (Å²) in [6.07, 6.45) is 2.29. The third-order valence-corrected chi connectivity index (χ3v) is 6.09. The van der Waals surface area contributed by atoms with Gasteiger partial charge in [0.25, 0.3) is 0 Å². The van der Waals surface area contributed by atoms with Gasteiger partial charge in [0, 0.05) is 28.2 Å². The van der Waals surface area contributed by atoms with E-state index in [1.807, 2.05) is 12.1 Å². The zero-order valence-corrected chi connectivity index (χ0v) is 16.7. The highest BCUT2D eigenvalue weighted by Gasteiger charge is 2.41. The van der Waals surface area contributed by atoms with E-state index in [0.29, 0.717) is 16.5 Å². The monoisotopic (exact) mass is 419 g/mol. The van der Waals surface area contributed by atoms with Crippen LogP contribution in [0.4, 0.5) is 4.39 Å². The van der Waals surface area contributed by atoms with Crippen molar-refractivity contribution in [1.29, 1.82) is 5.26 Å². The van der Waals surface area contributed by atoms with Crippen LogP contribution >= 0.6 is 23.2 Å². The number of ether oxygens (including phenoxy) is 1. The largest absolute Gasteiger partial charge is 0.481 e. The number of fused-ring (bicyclic) bond motifs is 1. The Hall–Kier alpha value is -1.84. The van der Waals surface area contributed by atoms with E-state index in [0.717, 1.165) is 37.1 Å². The lowest BCUT2D eigenvalue weighted by atomic mass is 10.0. The second-order valence-electron chi connectivity index (χ2n) is 7.42. The summed E-state index contributed by atoms with van der Waals surface area (Å²) in [5.74, 6) is -0.450. The molecule has 2 aliphatic rings. The number of nitrogens with two attached hydrogens (primary N) is 1. The Kier molecular flexibility index (Phi) is 5.48. The molecule has 1 heterocycles. The molecule has 7 heteroatoms. The van der Waals surface area contributed by atoms with Crippen LogP contribution in [0.3, 0.4) is 0 Å². The molecule has 0 spiro atoms. The predicted octanol–water partition coefficient (Wildman–Crippen LogP) is 4.47. The van der Waals surface area contributed by atoms with Crippen molar-refractivity contribution in [2.45, 2.75) is 37.5 Å². The average Bonchev–Trinajstić information content (AvgIpc) is 3.02. The number of nitriles is 1. The molecule has 0 radical (unpaired) electrons. The van der Waals surface area contributed by atoms with Gasteiger partial charge in [0.15, 0.2) is 11.6 Å². The fourth-order valence-corrected chi connectivity index (χ4v) is 4.81. The van der Waals surface area contributed by atoms with Crippen LogP contribution in [0.2, 0.25) is 10.0 Å². The standard InChI is InChI=1S/C21H20Cl2FN3O/c22-13-7-16-15(17(23)8-13)9-19(27-5-1-2-14(26)11-27)21(16)28-20-4-3-12(10-25)6-18(20)24/h3-4,6-8,14,19,21H,1-2,5,9,11,26H2/t14-,19-,21-/m1/s1. The van der Waals surface area contributed by atoms with Gasteiger partial charge in [-0.05, 0) is 61.7 Å². The van der Waals surface area contributed by atoms with Crippen LogP contribution in [0.5, 0.6) is 5.75 Å². The Morgan fingerprint density at radius 3 is 2.79 bits per heavy atom. The number of piperidine rings is 1. The van der Waals surface area contributed by atoms with Gasteiger partial charge in [-0.3, -0.25) is 4.90 Å².